The van der Waals surface area contributed by atoms with E-state index in [0.717, 1.165) is 27.8 Å². The number of ether oxygens (including phenoxy) is 3. The largest absolute Gasteiger partial charge is 0.497 e. The van der Waals surface area contributed by atoms with Gasteiger partial charge in [0.25, 0.3) is 10.0 Å². The molecule has 3 aromatic rings. The van der Waals surface area contributed by atoms with E-state index in [-0.39, 0.29) is 21.4 Å². The van der Waals surface area contributed by atoms with Crippen LogP contribution < -0.4 is 23.8 Å². The first-order valence-corrected chi connectivity index (χ1v) is 13.1. The van der Waals surface area contributed by atoms with Crippen molar-refractivity contribution in [3.8, 4) is 17.2 Å². The molecular formula is C26H28ClFN2O6S. The summed E-state index contributed by atoms with van der Waals surface area (Å²) in [6.07, 6.45) is 1.36. The minimum absolute atomic E-state index is 0.0366. The molecule has 0 aliphatic heterocycles. The van der Waals surface area contributed by atoms with Crippen LogP contribution in [-0.2, 0) is 21.2 Å². The van der Waals surface area contributed by atoms with E-state index in [1.807, 2.05) is 24.3 Å². The number of anilines is 1. The minimum atomic E-state index is -4.27. The topological polar surface area (TPSA) is 94.2 Å². The molecule has 0 fully saturated rings. The Bertz CT molecular complexity index is 1340. The number of carbonyl (C=O) groups excluding carboxylic acids is 1. The molecule has 11 heteroatoms. The van der Waals surface area contributed by atoms with Crippen molar-refractivity contribution in [3.05, 3.63) is 77.1 Å². The van der Waals surface area contributed by atoms with Crippen molar-refractivity contribution < 1.29 is 31.8 Å². The van der Waals surface area contributed by atoms with Crippen molar-refractivity contribution in [2.45, 2.75) is 17.7 Å². The van der Waals surface area contributed by atoms with E-state index in [1.165, 1.54) is 38.5 Å². The van der Waals surface area contributed by atoms with Crippen molar-refractivity contribution in [3.63, 3.8) is 0 Å². The zero-order valence-electron chi connectivity index (χ0n) is 20.7. The van der Waals surface area contributed by atoms with E-state index >= 15 is 0 Å². The van der Waals surface area contributed by atoms with E-state index in [1.54, 1.807) is 7.11 Å². The zero-order valence-corrected chi connectivity index (χ0v) is 22.2. The second kappa shape index (κ2) is 12.6. The second-order valence-electron chi connectivity index (χ2n) is 7.93. The first kappa shape index (κ1) is 28.1. The molecule has 0 aliphatic carbocycles. The van der Waals surface area contributed by atoms with Crippen molar-refractivity contribution >= 4 is 33.2 Å². The van der Waals surface area contributed by atoms with E-state index < -0.39 is 28.3 Å². The molecule has 0 radical (unpaired) electrons. The van der Waals surface area contributed by atoms with Gasteiger partial charge < -0.3 is 19.5 Å². The average molecular weight is 551 g/mol. The molecule has 0 unspecified atom stereocenters. The van der Waals surface area contributed by atoms with Crippen LogP contribution >= 0.6 is 11.6 Å². The lowest BCUT2D eigenvalue weighted by atomic mass is 10.1. The highest BCUT2D eigenvalue weighted by atomic mass is 35.5. The summed E-state index contributed by atoms with van der Waals surface area (Å²) >= 11 is 5.92. The quantitative estimate of drug-likeness (QED) is 0.335. The molecule has 0 atom stereocenters. The molecular weight excluding hydrogens is 523 g/mol. The molecule has 3 rings (SSSR count). The molecule has 1 amide bonds. The molecule has 37 heavy (non-hydrogen) atoms. The highest BCUT2D eigenvalue weighted by molar-refractivity contribution is 7.92. The lowest BCUT2D eigenvalue weighted by Crippen LogP contribution is -2.41. The number of sulfonamides is 1. The Morgan fingerprint density at radius 2 is 1.65 bits per heavy atom. The van der Waals surface area contributed by atoms with Crippen LogP contribution in [0.2, 0.25) is 5.02 Å². The minimum Gasteiger partial charge on any atom is -0.497 e. The van der Waals surface area contributed by atoms with Crippen LogP contribution in [0.25, 0.3) is 0 Å². The van der Waals surface area contributed by atoms with Crippen molar-refractivity contribution in [2.75, 3.05) is 38.7 Å². The van der Waals surface area contributed by atoms with E-state index in [9.17, 15) is 17.6 Å². The van der Waals surface area contributed by atoms with Crippen molar-refractivity contribution in [1.29, 1.82) is 0 Å². The third-order valence-corrected chi connectivity index (χ3v) is 7.60. The number of carbonyl (C=O) groups is 1. The number of halogens is 2. The van der Waals surface area contributed by atoms with Gasteiger partial charge in [-0.15, -0.1) is 0 Å². The number of amides is 1. The predicted octanol–water partition coefficient (Wildman–Crippen LogP) is 4.45. The summed E-state index contributed by atoms with van der Waals surface area (Å²) in [5, 5.41) is 2.47. The van der Waals surface area contributed by atoms with Crippen LogP contribution in [0.4, 0.5) is 10.1 Å². The molecule has 1 N–H and O–H groups in total. The molecule has 8 nitrogen and oxygen atoms in total. The van der Waals surface area contributed by atoms with Crippen LogP contribution in [0, 0.1) is 5.82 Å². The highest BCUT2D eigenvalue weighted by Gasteiger charge is 2.29. The maximum Gasteiger partial charge on any atom is 0.264 e. The molecule has 0 saturated heterocycles. The Morgan fingerprint density at radius 1 is 0.946 bits per heavy atom. The lowest BCUT2D eigenvalue weighted by Gasteiger charge is -2.25. The van der Waals surface area contributed by atoms with Gasteiger partial charge in [-0.25, -0.2) is 12.8 Å². The fourth-order valence-corrected chi connectivity index (χ4v) is 5.16. The third-order valence-electron chi connectivity index (χ3n) is 5.54. The van der Waals surface area contributed by atoms with Gasteiger partial charge in [-0.05, 0) is 60.9 Å². The number of nitrogens with one attached hydrogen (secondary N) is 1. The summed E-state index contributed by atoms with van der Waals surface area (Å²) in [6, 6.07) is 15.1. The fraction of sp³-hybridized carbons (Fsp3) is 0.269. The van der Waals surface area contributed by atoms with Gasteiger partial charge in [0.15, 0.2) is 11.5 Å². The van der Waals surface area contributed by atoms with Gasteiger partial charge in [0, 0.05) is 12.6 Å². The van der Waals surface area contributed by atoms with Gasteiger partial charge in [0.05, 0.1) is 36.9 Å². The van der Waals surface area contributed by atoms with Crippen LogP contribution in [0.5, 0.6) is 17.2 Å². The number of aryl methyl sites for hydroxylation is 1. The summed E-state index contributed by atoms with van der Waals surface area (Å²) in [5.41, 5.74) is 1.11. The maximum absolute atomic E-state index is 13.8. The Kier molecular flexibility index (Phi) is 9.60. The van der Waals surface area contributed by atoms with Crippen molar-refractivity contribution in [2.24, 2.45) is 0 Å². The smallest absolute Gasteiger partial charge is 0.264 e. The van der Waals surface area contributed by atoms with Crippen LogP contribution in [-0.4, -0.2) is 48.7 Å². The molecule has 0 saturated carbocycles. The Hall–Kier alpha value is -3.50. The van der Waals surface area contributed by atoms with Gasteiger partial charge in [-0.1, -0.05) is 23.7 Å². The van der Waals surface area contributed by atoms with E-state index in [2.05, 4.69) is 5.32 Å². The molecule has 0 spiro atoms. The first-order chi connectivity index (χ1) is 17.7. The van der Waals surface area contributed by atoms with Gasteiger partial charge in [-0.2, -0.15) is 0 Å². The number of nitrogens with zero attached hydrogens (tertiary/aromatic N) is 1. The maximum atomic E-state index is 13.8. The summed E-state index contributed by atoms with van der Waals surface area (Å²) < 4.78 is 57.4. The number of hydrogen-bond donors (Lipinski definition) is 1. The zero-order chi connectivity index (χ0) is 27.0. The van der Waals surface area contributed by atoms with Gasteiger partial charge in [0.1, 0.15) is 18.1 Å². The molecule has 3 aromatic carbocycles. The Labute approximate surface area is 221 Å². The normalized spacial score (nSPS) is 11.1. The van der Waals surface area contributed by atoms with Crippen LogP contribution in [0.15, 0.2) is 65.6 Å². The summed E-state index contributed by atoms with van der Waals surface area (Å²) in [4.78, 5) is 12.6. The average Bonchev–Trinajstić information content (AvgIpc) is 2.91. The fourth-order valence-electron chi connectivity index (χ4n) is 3.56. The third kappa shape index (κ3) is 7.05. The molecule has 198 valence electrons. The molecule has 0 aliphatic rings. The standard InChI is InChI=1S/C26H28ClFN2O6S/c1-34-20-9-6-18(7-10-20)5-4-14-29-26(31)17-30(19-8-12-23(28)22(27)15-19)37(32,33)21-11-13-24(35-2)25(16-21)36-3/h6-13,15-16H,4-5,14,17H2,1-3H3,(H,29,31). The second-order valence-corrected chi connectivity index (χ2v) is 10.2. The summed E-state index contributed by atoms with van der Waals surface area (Å²) in [7, 11) is 0.132. The van der Waals surface area contributed by atoms with Gasteiger partial charge in [-0.3, -0.25) is 9.10 Å². The van der Waals surface area contributed by atoms with E-state index in [0.29, 0.717) is 25.1 Å². The monoisotopic (exact) mass is 550 g/mol. The molecule has 0 heterocycles. The summed E-state index contributed by atoms with van der Waals surface area (Å²) in [5.74, 6) is 0.0564. The Morgan fingerprint density at radius 3 is 2.27 bits per heavy atom. The molecule has 0 aromatic heterocycles. The number of rotatable bonds is 12. The van der Waals surface area contributed by atoms with Crippen LogP contribution in [0.1, 0.15) is 12.0 Å². The SMILES string of the molecule is COc1ccc(CCCNC(=O)CN(c2ccc(F)c(Cl)c2)S(=O)(=O)c2ccc(OC)c(OC)c2)cc1. The first-order valence-electron chi connectivity index (χ1n) is 11.3. The van der Waals surface area contributed by atoms with Gasteiger partial charge in [0.2, 0.25) is 5.91 Å². The molecule has 0 bridgehead atoms. The number of methoxy groups -OCH3 is 3. The highest BCUT2D eigenvalue weighted by Crippen LogP contribution is 2.33. The lowest BCUT2D eigenvalue weighted by molar-refractivity contribution is -0.119. The predicted molar refractivity (Wildman–Crippen MR) is 140 cm³/mol. The van der Waals surface area contributed by atoms with Crippen LogP contribution in [0.3, 0.4) is 0 Å². The Balaban J connectivity index is 1.77. The number of hydrogen-bond acceptors (Lipinski definition) is 6. The van der Waals surface area contributed by atoms with Crippen molar-refractivity contribution in [1.82, 2.24) is 5.32 Å². The summed E-state index contributed by atoms with van der Waals surface area (Å²) in [6.45, 7) is -0.208. The number of benzene rings is 3. The van der Waals surface area contributed by atoms with Gasteiger partial charge >= 0.3 is 0 Å². The van der Waals surface area contributed by atoms with E-state index in [4.69, 9.17) is 25.8 Å².